The van der Waals surface area contributed by atoms with Gasteiger partial charge < -0.3 is 22.4 Å². The molecule has 9 aromatic carbocycles. The van der Waals surface area contributed by atoms with E-state index in [9.17, 15) is 55.1 Å². The molecule has 0 aliphatic carbocycles. The van der Waals surface area contributed by atoms with Crippen LogP contribution in [0.4, 0.5) is 5.69 Å². The van der Waals surface area contributed by atoms with Crippen LogP contribution in [0.1, 0.15) is 104 Å². The van der Waals surface area contributed by atoms with Crippen LogP contribution in [-0.2, 0) is 80.4 Å². The average Bonchev–Trinajstić information content (AvgIpc) is 0.775. The molecule has 2 radical (unpaired) electrons. The fourth-order valence-electron chi connectivity index (χ4n) is 9.23. The van der Waals surface area contributed by atoms with Crippen LogP contribution in [0.3, 0.4) is 0 Å². The van der Waals surface area contributed by atoms with Crippen molar-refractivity contribution in [2.45, 2.75) is 109 Å². The largest absolute Gasteiger partial charge is 0.632 e. The lowest BCUT2D eigenvalue weighted by atomic mass is 9.86. The van der Waals surface area contributed by atoms with E-state index in [1.54, 1.807) is 13.1 Å². The van der Waals surface area contributed by atoms with Gasteiger partial charge in [-0.1, -0.05) is 147 Å². The number of ketones is 2. The van der Waals surface area contributed by atoms with E-state index in [0.29, 0.717) is 27.9 Å². The smallest absolute Gasteiger partial charge is 0.424 e. The lowest BCUT2D eigenvalue weighted by Gasteiger charge is -2.27. The average molecular weight is 1500 g/mol. The molecule has 0 amide bonds. The van der Waals surface area contributed by atoms with Crippen molar-refractivity contribution in [3.8, 4) is 0 Å². The maximum Gasteiger partial charge on any atom is 0.424 e. The van der Waals surface area contributed by atoms with Crippen molar-refractivity contribution >= 4 is 136 Å². The number of hydrogen-bond donors (Lipinski definition) is 7. The summed E-state index contributed by atoms with van der Waals surface area (Å²) in [5, 5.41) is 4.93. The standard InChI is InChI=1S/C20H21O2Si.C17H23O2Si.C11H11NO6S2.2C10H8O6S2/c1-14-5-7-15(8-6-14)18-13-19(22-23-21-18)16-9-11-17(12-10-16)20(2,3)4;1-16(2,3)13-9-7-12(8-10-13)14-11-15(17(4,5)6)19-20-18-14;1-12-8-2-3-10-7(4-8)5-9(19(13,14)15)6-11(10)20(16,17)18;11-17(12,13)9-3-1-7-5-10(18(14,15)16)4-2-8(7)6-9;11-17(12,13)9-3-1-7-2-4-10(18(14,15)16)6-8(7)5-9/h5-13H,1-4H3;7-11H,1-6H3;2-6,12H,1H3,(H,13,14,15)(H,16,17,18);2*1-6H,(H,11,12,13)(H,14,15,16). The van der Waals surface area contributed by atoms with Crippen LogP contribution < -0.4 is 5.32 Å². The number of aryl methyl sites for hydroxylation is 1. The van der Waals surface area contributed by atoms with Gasteiger partial charge in [-0.15, -0.1) is 0 Å². The van der Waals surface area contributed by atoms with Crippen LogP contribution in [0.25, 0.3) is 38.1 Å². The Labute approximate surface area is 581 Å². The van der Waals surface area contributed by atoms with Crippen molar-refractivity contribution in [2.24, 2.45) is 5.41 Å². The lowest BCUT2D eigenvalue weighted by Crippen LogP contribution is -2.20. The van der Waals surface area contributed by atoms with Crippen molar-refractivity contribution in [2.75, 3.05) is 12.4 Å². The summed E-state index contributed by atoms with van der Waals surface area (Å²) in [6.07, 6.45) is 4.00. The second kappa shape index (κ2) is 30.4. The van der Waals surface area contributed by atoms with E-state index in [0.717, 1.165) is 70.1 Å². The molecule has 0 bridgehead atoms. The number of fused-ring (bicyclic) bond motifs is 3. The first kappa shape index (κ1) is 78.2. The van der Waals surface area contributed by atoms with Crippen LogP contribution in [0, 0.1) is 12.3 Å². The van der Waals surface area contributed by atoms with Gasteiger partial charge in [0.1, 0.15) is 4.90 Å². The highest BCUT2D eigenvalue weighted by atomic mass is 32.2. The SMILES string of the molecule is CC(C)(C)C1=CC(c2ccc(C(C)(C)C)cc2)=[O+][Si-]O1.CNc1ccc2c(S(=O)(=O)O)cc(S(=O)(=O)O)cc2c1.Cc1ccc(C2=CC(c3ccc(C(C)(C)C)cc3)=[O+][Si-]O2)cc1.O=S(=O)(O)c1ccc2cc(S(=O)(=O)O)ccc2c1.O=S(=O)(O)c1ccc2ccc(S(=O)(=O)O)cc2c1. The van der Waals surface area contributed by atoms with Crippen LogP contribution in [-0.4, -0.2) is 116 Å². The molecule has 524 valence electrons. The summed E-state index contributed by atoms with van der Waals surface area (Å²) in [6, 6.07) is 46.8. The highest BCUT2D eigenvalue weighted by Crippen LogP contribution is 2.32. The molecule has 0 saturated carbocycles. The van der Waals surface area contributed by atoms with Crippen molar-refractivity contribution < 1.29 is 94.9 Å². The van der Waals surface area contributed by atoms with Crippen LogP contribution in [0.2, 0.25) is 0 Å². The Morgan fingerprint density at radius 3 is 1.12 bits per heavy atom. The number of anilines is 1. The van der Waals surface area contributed by atoms with E-state index in [2.05, 4.69) is 147 Å². The molecule has 0 saturated heterocycles. The van der Waals surface area contributed by atoms with Crippen molar-refractivity contribution in [1.29, 1.82) is 0 Å². The maximum absolute atomic E-state index is 11.3. The lowest BCUT2D eigenvalue weighted by molar-refractivity contribution is -0.109. The third-order valence-electron chi connectivity index (χ3n) is 14.8. The first-order chi connectivity index (χ1) is 45.6. The van der Waals surface area contributed by atoms with E-state index in [1.165, 1.54) is 77.4 Å². The van der Waals surface area contributed by atoms with Gasteiger partial charge in [0.15, 0.2) is 0 Å². The molecule has 9 aromatic rings. The minimum Gasteiger partial charge on any atom is -0.632 e. The fourth-order valence-corrected chi connectivity index (χ4v) is 14.0. The molecular weight excluding hydrogens is 1430 g/mol. The topological polar surface area (TPSA) is 379 Å². The monoisotopic (exact) mass is 1500 g/mol. The maximum atomic E-state index is 11.3. The van der Waals surface area contributed by atoms with E-state index < -0.39 is 70.5 Å². The van der Waals surface area contributed by atoms with Gasteiger partial charge in [-0.05, 0) is 153 Å². The van der Waals surface area contributed by atoms with Crippen molar-refractivity contribution in [3.63, 3.8) is 0 Å². The number of allylic oxidation sites excluding steroid dienone is 3. The number of benzene rings is 9. The summed E-state index contributed by atoms with van der Waals surface area (Å²) in [5.41, 5.74) is 8.11. The van der Waals surface area contributed by atoms with E-state index in [-0.39, 0.29) is 72.0 Å². The van der Waals surface area contributed by atoms with Crippen LogP contribution in [0.5, 0.6) is 0 Å². The minimum atomic E-state index is -4.63. The summed E-state index contributed by atoms with van der Waals surface area (Å²) >= 11 is 0. The highest BCUT2D eigenvalue weighted by Gasteiger charge is 2.26. The molecule has 0 unspecified atom stereocenters. The van der Waals surface area contributed by atoms with Gasteiger partial charge in [-0.3, -0.25) is 27.3 Å². The first-order valence-electron chi connectivity index (χ1n) is 29.4. The Balaban J connectivity index is 0.000000175. The first-order valence-corrected chi connectivity index (χ1v) is 39.7. The number of rotatable bonds is 10. The molecule has 2 aliphatic heterocycles. The molecule has 23 nitrogen and oxygen atoms in total. The summed E-state index contributed by atoms with van der Waals surface area (Å²) < 4.78 is 209. The zero-order valence-corrected chi connectivity index (χ0v) is 62.0. The molecule has 11 rings (SSSR count). The normalized spacial score (nSPS) is 13.7. The third-order valence-corrected chi connectivity index (χ3v) is 21.1. The summed E-state index contributed by atoms with van der Waals surface area (Å²) in [5.74, 6) is 3.62. The van der Waals surface area contributed by atoms with Gasteiger partial charge in [0.05, 0.1) is 59.3 Å². The molecule has 99 heavy (non-hydrogen) atoms. The summed E-state index contributed by atoms with van der Waals surface area (Å²) in [4.78, 5) is -2.44. The van der Waals surface area contributed by atoms with Crippen LogP contribution in [0.15, 0.2) is 223 Å². The molecule has 0 aromatic heterocycles. The Morgan fingerprint density at radius 2 is 0.737 bits per heavy atom. The zero-order valence-electron chi connectivity index (χ0n) is 55.1. The van der Waals surface area contributed by atoms with E-state index in [1.807, 2.05) is 12.2 Å². The number of carbonyl (C=O) groups excluding carboxylic acids is 2. The van der Waals surface area contributed by atoms with Gasteiger partial charge in [-0.2, -0.15) is 50.5 Å². The third kappa shape index (κ3) is 21.7. The van der Waals surface area contributed by atoms with E-state index in [4.69, 9.17) is 39.8 Å². The van der Waals surface area contributed by atoms with E-state index >= 15 is 0 Å². The molecule has 0 atom stereocenters. The number of nitrogens with one attached hydrogen (secondary N) is 1. The zero-order chi connectivity index (χ0) is 73.6. The Kier molecular flexibility index (Phi) is 24.0. The molecule has 0 spiro atoms. The molecule has 7 N–H and O–H groups in total. The second-order valence-electron chi connectivity index (χ2n) is 25.4. The fraction of sp³-hybridized carbons (Fsp3) is 0.206. The van der Waals surface area contributed by atoms with Crippen LogP contribution >= 0.6 is 0 Å². The molecule has 2 heterocycles. The molecule has 31 heteroatoms. The Hall–Kier alpha value is -8.13. The van der Waals surface area contributed by atoms with Gasteiger partial charge in [0.25, 0.3) is 72.3 Å². The minimum absolute atomic E-state index is 0.00732. The Bertz CT molecular complexity index is 5260. The molecular formula is C68H71NO22S6Si2. The second-order valence-corrected chi connectivity index (χ2v) is 35.0. The predicted octanol–water partition coefficient (Wildman–Crippen LogP) is 12.9. The quantitative estimate of drug-likeness (QED) is 0.0380. The summed E-state index contributed by atoms with van der Waals surface area (Å²) in [7, 11) is -24.9. The predicted molar refractivity (Wildman–Crippen MR) is 380 cm³/mol. The molecule has 2 aliphatic rings. The summed E-state index contributed by atoms with van der Waals surface area (Å²) in [6.45, 7) is 21.8. The molecule has 0 fully saturated rings. The van der Waals surface area contributed by atoms with Gasteiger partial charge in [0, 0.05) is 29.1 Å². The van der Waals surface area contributed by atoms with Gasteiger partial charge in [0.2, 0.25) is 0 Å². The van der Waals surface area contributed by atoms with Crippen molar-refractivity contribution in [1.82, 2.24) is 0 Å². The number of hydrogen-bond acceptors (Lipinski definition) is 15. The van der Waals surface area contributed by atoms with Gasteiger partial charge >= 0.3 is 20.0 Å². The Morgan fingerprint density at radius 1 is 0.364 bits per heavy atom. The van der Waals surface area contributed by atoms with Crippen molar-refractivity contribution in [3.05, 3.63) is 227 Å². The highest BCUT2D eigenvalue weighted by molar-refractivity contribution is 7.87. The van der Waals surface area contributed by atoms with Gasteiger partial charge in [-0.25, -0.2) is 0 Å².